The lowest BCUT2D eigenvalue weighted by atomic mass is 10.1. The molecule has 146 valence electrons. The molecular weight excluding hydrogens is 371 g/mol. The number of rotatable bonds is 4. The Labute approximate surface area is 159 Å². The maximum atomic E-state index is 13.5. The molecule has 1 amide bonds. The van der Waals surface area contributed by atoms with Gasteiger partial charge in [-0.25, -0.2) is 0 Å². The first-order valence-electron chi connectivity index (χ1n) is 8.36. The zero-order chi connectivity index (χ0) is 20.5. The number of para-hydroxylation sites is 1. The van der Waals surface area contributed by atoms with Crippen molar-refractivity contribution in [3.8, 4) is 11.3 Å². The van der Waals surface area contributed by atoms with Gasteiger partial charge in [0, 0.05) is 32.1 Å². The van der Waals surface area contributed by atoms with E-state index in [1.54, 1.807) is 43.0 Å². The van der Waals surface area contributed by atoms with Crippen LogP contribution in [0.5, 0.6) is 0 Å². The number of hydrogen-bond donors (Lipinski definition) is 2. The van der Waals surface area contributed by atoms with Crippen LogP contribution in [0.25, 0.3) is 11.3 Å². The van der Waals surface area contributed by atoms with Gasteiger partial charge in [0.25, 0.3) is 5.91 Å². The monoisotopic (exact) mass is 389 g/mol. The fraction of sp³-hybridized carbons (Fsp3) is 0.211. The van der Waals surface area contributed by atoms with Crippen LogP contribution in [-0.4, -0.2) is 27.7 Å². The number of anilines is 2. The Bertz CT molecular complexity index is 1030. The molecule has 0 spiro atoms. The average Bonchev–Trinajstić information content (AvgIpc) is 2.98. The first kappa shape index (κ1) is 19.4. The molecule has 2 aromatic heterocycles. The van der Waals surface area contributed by atoms with Gasteiger partial charge < -0.3 is 10.6 Å². The molecule has 0 atom stereocenters. The number of benzene rings is 1. The lowest BCUT2D eigenvalue weighted by molar-refractivity contribution is -0.137. The zero-order valence-electron chi connectivity index (χ0n) is 15.4. The van der Waals surface area contributed by atoms with Gasteiger partial charge in [0.05, 0.1) is 33.9 Å². The molecule has 0 radical (unpaired) electrons. The molecule has 28 heavy (non-hydrogen) atoms. The zero-order valence-corrected chi connectivity index (χ0v) is 15.4. The summed E-state index contributed by atoms with van der Waals surface area (Å²) in [5.41, 5.74) is 0.979. The summed E-state index contributed by atoms with van der Waals surface area (Å²) in [6.45, 7) is 1.75. The number of carbonyl (C=O) groups is 1. The van der Waals surface area contributed by atoms with Gasteiger partial charge in [0.1, 0.15) is 0 Å². The molecule has 0 saturated heterocycles. The van der Waals surface area contributed by atoms with Crippen LogP contribution in [-0.2, 0) is 13.2 Å². The van der Waals surface area contributed by atoms with E-state index in [4.69, 9.17) is 0 Å². The molecule has 0 aliphatic carbocycles. The molecule has 9 heteroatoms. The minimum atomic E-state index is -4.61. The van der Waals surface area contributed by atoms with E-state index in [0.29, 0.717) is 17.0 Å². The Balaban J connectivity index is 2.12. The third kappa shape index (κ3) is 3.83. The quantitative estimate of drug-likeness (QED) is 0.710. The molecule has 0 bridgehead atoms. The van der Waals surface area contributed by atoms with E-state index in [-0.39, 0.29) is 16.9 Å². The third-order valence-corrected chi connectivity index (χ3v) is 4.17. The number of alkyl halides is 3. The van der Waals surface area contributed by atoms with Crippen molar-refractivity contribution in [2.45, 2.75) is 13.1 Å². The van der Waals surface area contributed by atoms with E-state index >= 15 is 0 Å². The van der Waals surface area contributed by atoms with Gasteiger partial charge in [-0.15, -0.1) is 0 Å². The summed E-state index contributed by atoms with van der Waals surface area (Å²) in [5.74, 6) is -0.408. The summed E-state index contributed by atoms with van der Waals surface area (Å²) in [4.78, 5) is 16.0. The van der Waals surface area contributed by atoms with E-state index in [2.05, 4.69) is 20.7 Å². The number of aryl methyl sites for hydroxylation is 2. The Hall–Kier alpha value is -3.36. The maximum Gasteiger partial charge on any atom is 0.419 e. The van der Waals surface area contributed by atoms with Crippen LogP contribution < -0.4 is 10.6 Å². The summed E-state index contributed by atoms with van der Waals surface area (Å²) >= 11 is 0. The molecule has 1 aromatic carbocycles. The molecule has 0 saturated carbocycles. The first-order valence-corrected chi connectivity index (χ1v) is 8.36. The number of aromatic nitrogens is 3. The van der Waals surface area contributed by atoms with Crippen molar-refractivity contribution in [3.63, 3.8) is 0 Å². The lowest BCUT2D eigenvalue weighted by Gasteiger charge is -2.17. The van der Waals surface area contributed by atoms with Gasteiger partial charge >= 0.3 is 6.18 Å². The number of carbonyl (C=O) groups excluding carboxylic acids is 1. The van der Waals surface area contributed by atoms with E-state index in [9.17, 15) is 18.0 Å². The lowest BCUT2D eigenvalue weighted by Crippen LogP contribution is -2.19. The molecule has 0 aliphatic rings. The molecule has 2 N–H and O–H groups in total. The van der Waals surface area contributed by atoms with Crippen molar-refractivity contribution >= 4 is 17.3 Å². The van der Waals surface area contributed by atoms with Crippen LogP contribution in [0.15, 0.2) is 42.7 Å². The summed E-state index contributed by atoms with van der Waals surface area (Å²) in [5, 5.41) is 9.43. The third-order valence-electron chi connectivity index (χ3n) is 4.17. The van der Waals surface area contributed by atoms with Crippen molar-refractivity contribution in [2.75, 3.05) is 12.4 Å². The molecular formula is C19H18F3N5O. The molecule has 0 unspecified atom stereocenters. The molecule has 2 heterocycles. The number of pyridine rings is 1. The average molecular weight is 389 g/mol. The predicted molar refractivity (Wildman–Crippen MR) is 99.3 cm³/mol. The standard InChI is InChI=1S/C19H18F3N5O/c1-11-13(10-27(3)26-11)16-8-17(14(9-24-16)19(20,21)22)25-15-7-5-4-6-12(15)18(28)23-2/h4-10H,1-3H3,(H,23,28)(H,24,25). The van der Waals surface area contributed by atoms with E-state index in [0.717, 1.165) is 6.20 Å². The normalized spacial score (nSPS) is 11.4. The summed E-state index contributed by atoms with van der Waals surface area (Å²) in [6, 6.07) is 7.65. The minimum Gasteiger partial charge on any atom is -0.355 e. The second-order valence-corrected chi connectivity index (χ2v) is 6.16. The van der Waals surface area contributed by atoms with E-state index in [1.165, 1.54) is 19.2 Å². The van der Waals surface area contributed by atoms with Gasteiger partial charge in [0.2, 0.25) is 0 Å². The van der Waals surface area contributed by atoms with Crippen LogP contribution >= 0.6 is 0 Å². The van der Waals surface area contributed by atoms with Crippen molar-refractivity contribution in [3.05, 3.63) is 59.5 Å². The van der Waals surface area contributed by atoms with Crippen LogP contribution in [0.4, 0.5) is 24.5 Å². The largest absolute Gasteiger partial charge is 0.419 e. The number of nitrogens with zero attached hydrogens (tertiary/aromatic N) is 3. The Morgan fingerprint density at radius 1 is 1.18 bits per heavy atom. The second kappa shape index (κ2) is 7.34. The molecule has 3 aromatic rings. The second-order valence-electron chi connectivity index (χ2n) is 6.16. The highest BCUT2D eigenvalue weighted by Crippen LogP contribution is 2.38. The smallest absolute Gasteiger partial charge is 0.355 e. The highest BCUT2D eigenvalue weighted by atomic mass is 19.4. The topological polar surface area (TPSA) is 71.8 Å². The van der Waals surface area contributed by atoms with E-state index in [1.807, 2.05) is 0 Å². The summed E-state index contributed by atoms with van der Waals surface area (Å²) in [7, 11) is 3.18. The van der Waals surface area contributed by atoms with Gasteiger partial charge in [-0.2, -0.15) is 18.3 Å². The highest BCUT2D eigenvalue weighted by molar-refractivity contribution is 6.00. The Morgan fingerprint density at radius 2 is 1.89 bits per heavy atom. The van der Waals surface area contributed by atoms with Gasteiger partial charge in [-0.05, 0) is 25.1 Å². The summed E-state index contributed by atoms with van der Waals surface area (Å²) < 4.78 is 42.1. The van der Waals surface area contributed by atoms with Crippen LogP contribution in [0.3, 0.4) is 0 Å². The van der Waals surface area contributed by atoms with Crippen LogP contribution in [0.1, 0.15) is 21.6 Å². The Kier molecular flexibility index (Phi) is 5.08. The number of amides is 1. The highest BCUT2D eigenvalue weighted by Gasteiger charge is 2.34. The number of hydrogen-bond acceptors (Lipinski definition) is 4. The van der Waals surface area contributed by atoms with Gasteiger partial charge in [-0.1, -0.05) is 12.1 Å². The number of nitrogens with one attached hydrogen (secondary N) is 2. The van der Waals surface area contributed by atoms with Crippen LogP contribution in [0, 0.1) is 6.92 Å². The van der Waals surface area contributed by atoms with E-state index < -0.39 is 17.6 Å². The predicted octanol–water partition coefficient (Wildman–Crippen LogP) is 3.91. The fourth-order valence-electron chi connectivity index (χ4n) is 2.85. The molecule has 0 aliphatic heterocycles. The SMILES string of the molecule is CNC(=O)c1ccccc1Nc1cc(-c2cn(C)nc2C)ncc1C(F)(F)F. The Morgan fingerprint density at radius 3 is 2.50 bits per heavy atom. The summed E-state index contributed by atoms with van der Waals surface area (Å²) in [6.07, 6.45) is -2.14. The first-order chi connectivity index (χ1) is 13.2. The van der Waals surface area contributed by atoms with Crippen molar-refractivity contribution in [1.82, 2.24) is 20.1 Å². The van der Waals surface area contributed by atoms with Crippen molar-refractivity contribution in [2.24, 2.45) is 7.05 Å². The minimum absolute atomic E-state index is 0.197. The maximum absolute atomic E-state index is 13.5. The van der Waals surface area contributed by atoms with Crippen molar-refractivity contribution < 1.29 is 18.0 Å². The number of halogens is 3. The molecule has 0 fully saturated rings. The van der Waals surface area contributed by atoms with Crippen molar-refractivity contribution in [1.29, 1.82) is 0 Å². The molecule has 6 nitrogen and oxygen atoms in total. The van der Waals surface area contributed by atoms with Gasteiger partial charge in [-0.3, -0.25) is 14.5 Å². The molecule has 3 rings (SSSR count). The fourth-order valence-corrected chi connectivity index (χ4v) is 2.85. The van der Waals surface area contributed by atoms with Gasteiger partial charge in [0.15, 0.2) is 0 Å². The van der Waals surface area contributed by atoms with Crippen LogP contribution in [0.2, 0.25) is 0 Å².